The highest BCUT2D eigenvalue weighted by atomic mass is 16.1. The molecule has 0 N–H and O–H groups in total. The first-order valence-electron chi connectivity index (χ1n) is 4.21. The zero-order valence-electron chi connectivity index (χ0n) is 8.29. The van der Waals surface area contributed by atoms with Crippen molar-refractivity contribution in [1.82, 2.24) is 0 Å². The molecule has 0 aliphatic heterocycles. The van der Waals surface area contributed by atoms with Gasteiger partial charge in [-0.25, -0.2) is 4.99 Å². The predicted octanol–water partition coefficient (Wildman–Crippen LogP) is 2.45. The molecule has 0 fully saturated rings. The topological polar surface area (TPSA) is 29.4 Å². The third-order valence-electron chi connectivity index (χ3n) is 1.78. The van der Waals surface area contributed by atoms with Crippen molar-refractivity contribution in [1.29, 1.82) is 0 Å². The summed E-state index contributed by atoms with van der Waals surface area (Å²) < 4.78 is 0. The van der Waals surface area contributed by atoms with Crippen molar-refractivity contribution < 1.29 is 4.79 Å². The van der Waals surface area contributed by atoms with Gasteiger partial charge >= 0.3 is 0 Å². The number of allylic oxidation sites excluding steroid dienone is 1. The molecule has 0 aromatic rings. The van der Waals surface area contributed by atoms with Crippen LogP contribution >= 0.6 is 0 Å². The van der Waals surface area contributed by atoms with E-state index in [9.17, 15) is 4.79 Å². The largest absolute Gasteiger partial charge is 0.269 e. The lowest BCUT2D eigenvalue weighted by atomic mass is 9.92. The molecule has 0 saturated carbocycles. The van der Waals surface area contributed by atoms with Crippen LogP contribution in [0.15, 0.2) is 16.6 Å². The van der Waals surface area contributed by atoms with Crippen molar-refractivity contribution >= 4 is 12.6 Å². The van der Waals surface area contributed by atoms with E-state index < -0.39 is 0 Å². The Morgan fingerprint density at radius 3 is 1.92 bits per heavy atom. The maximum atomic E-state index is 10.9. The molecular weight excluding hydrogens is 150 g/mol. The normalized spacial score (nSPS) is 10.2. The summed E-state index contributed by atoms with van der Waals surface area (Å²) in [4.78, 5) is 14.3. The van der Waals surface area contributed by atoms with E-state index in [-0.39, 0.29) is 5.91 Å². The van der Waals surface area contributed by atoms with Crippen LogP contribution in [0.5, 0.6) is 0 Å². The van der Waals surface area contributed by atoms with E-state index in [1.807, 2.05) is 0 Å². The number of amides is 1. The monoisotopic (exact) mass is 167 g/mol. The first-order chi connectivity index (χ1) is 5.49. The van der Waals surface area contributed by atoms with Crippen molar-refractivity contribution in [3.05, 3.63) is 11.6 Å². The third-order valence-corrected chi connectivity index (χ3v) is 1.78. The first kappa shape index (κ1) is 11.1. The molecule has 0 heterocycles. The van der Waals surface area contributed by atoms with E-state index in [0.29, 0.717) is 11.8 Å². The molecule has 0 atom stereocenters. The van der Waals surface area contributed by atoms with E-state index in [1.165, 1.54) is 0 Å². The summed E-state index contributed by atoms with van der Waals surface area (Å²) in [5, 5.41) is 0. The molecule has 0 spiro atoms. The number of nitrogens with zero attached hydrogens (tertiary/aromatic N) is 1. The minimum atomic E-state index is -0.243. The van der Waals surface area contributed by atoms with Gasteiger partial charge in [0.05, 0.1) is 0 Å². The molecule has 0 aromatic heterocycles. The van der Waals surface area contributed by atoms with Crippen molar-refractivity contribution in [2.75, 3.05) is 0 Å². The minimum Gasteiger partial charge on any atom is -0.268 e. The van der Waals surface area contributed by atoms with Crippen LogP contribution in [0.4, 0.5) is 0 Å². The number of hydrogen-bond donors (Lipinski definition) is 0. The Hall–Kier alpha value is -0.920. The standard InChI is InChI=1S/C10H17NO/c1-7(2)9(8(3)4)6-10(12)11-5/h6-8H,5H2,1-4H3. The number of carbonyl (C=O) groups excluding carboxylic acids is 1. The van der Waals surface area contributed by atoms with Crippen LogP contribution in [0.1, 0.15) is 27.7 Å². The molecule has 2 nitrogen and oxygen atoms in total. The van der Waals surface area contributed by atoms with Crippen LogP contribution in [0.3, 0.4) is 0 Å². The second-order valence-corrected chi connectivity index (χ2v) is 3.45. The molecule has 0 aromatic carbocycles. The summed E-state index contributed by atoms with van der Waals surface area (Å²) in [7, 11) is 0. The Labute approximate surface area is 74.4 Å². The zero-order valence-corrected chi connectivity index (χ0v) is 8.29. The summed E-state index contributed by atoms with van der Waals surface area (Å²) in [6.07, 6.45) is 1.59. The molecule has 0 saturated heterocycles. The molecule has 12 heavy (non-hydrogen) atoms. The van der Waals surface area contributed by atoms with Gasteiger partial charge in [0.2, 0.25) is 0 Å². The lowest BCUT2D eigenvalue weighted by Crippen LogP contribution is -2.04. The van der Waals surface area contributed by atoms with E-state index >= 15 is 0 Å². The van der Waals surface area contributed by atoms with Gasteiger partial charge in [-0.3, -0.25) is 4.79 Å². The Morgan fingerprint density at radius 1 is 1.25 bits per heavy atom. The fourth-order valence-corrected chi connectivity index (χ4v) is 1.19. The van der Waals surface area contributed by atoms with Crippen molar-refractivity contribution in [3.63, 3.8) is 0 Å². The molecule has 0 rings (SSSR count). The van der Waals surface area contributed by atoms with Crippen LogP contribution < -0.4 is 0 Å². The van der Waals surface area contributed by atoms with Crippen LogP contribution in [0, 0.1) is 11.8 Å². The lowest BCUT2D eigenvalue weighted by Gasteiger charge is -2.14. The van der Waals surface area contributed by atoms with Gasteiger partial charge in [-0.15, -0.1) is 0 Å². The third kappa shape index (κ3) is 3.46. The summed E-state index contributed by atoms with van der Waals surface area (Å²) in [5.74, 6) is 0.554. The Balaban J connectivity index is 4.60. The van der Waals surface area contributed by atoms with E-state index in [0.717, 1.165) is 5.57 Å². The summed E-state index contributed by atoms with van der Waals surface area (Å²) in [6, 6.07) is 0. The summed E-state index contributed by atoms with van der Waals surface area (Å²) in [5.41, 5.74) is 1.13. The number of rotatable bonds is 3. The molecule has 0 aliphatic carbocycles. The maximum absolute atomic E-state index is 10.9. The summed E-state index contributed by atoms with van der Waals surface area (Å²) >= 11 is 0. The Kier molecular flexibility index (Phi) is 4.49. The van der Waals surface area contributed by atoms with Gasteiger partial charge in [0.1, 0.15) is 0 Å². The van der Waals surface area contributed by atoms with Crippen molar-refractivity contribution in [3.8, 4) is 0 Å². The quantitative estimate of drug-likeness (QED) is 0.469. The summed E-state index contributed by atoms with van der Waals surface area (Å²) in [6.45, 7) is 11.5. The molecule has 0 bridgehead atoms. The first-order valence-corrected chi connectivity index (χ1v) is 4.21. The van der Waals surface area contributed by atoms with Gasteiger partial charge in [0.25, 0.3) is 5.91 Å². The second kappa shape index (κ2) is 4.86. The zero-order chi connectivity index (χ0) is 9.72. The minimum absolute atomic E-state index is 0.243. The fourth-order valence-electron chi connectivity index (χ4n) is 1.19. The highest BCUT2D eigenvalue weighted by molar-refractivity contribution is 5.91. The SMILES string of the molecule is C=NC(=O)C=C(C(C)C)C(C)C. The average Bonchev–Trinajstić information content (AvgIpc) is 1.98. The molecule has 1 amide bonds. The van der Waals surface area contributed by atoms with Gasteiger partial charge in [-0.05, 0) is 18.6 Å². The van der Waals surface area contributed by atoms with Gasteiger partial charge in [-0.1, -0.05) is 33.3 Å². The Morgan fingerprint density at radius 2 is 1.67 bits per heavy atom. The van der Waals surface area contributed by atoms with Crippen molar-refractivity contribution in [2.45, 2.75) is 27.7 Å². The lowest BCUT2D eigenvalue weighted by molar-refractivity contribution is -0.113. The van der Waals surface area contributed by atoms with Gasteiger partial charge < -0.3 is 0 Å². The fraction of sp³-hybridized carbons (Fsp3) is 0.600. The highest BCUT2D eigenvalue weighted by Gasteiger charge is 2.08. The van der Waals surface area contributed by atoms with Gasteiger partial charge in [0.15, 0.2) is 0 Å². The maximum Gasteiger partial charge on any atom is 0.269 e. The molecule has 0 aliphatic rings. The van der Waals surface area contributed by atoms with Gasteiger partial charge in [-0.2, -0.15) is 0 Å². The number of aliphatic imine (C=N–C) groups is 1. The van der Waals surface area contributed by atoms with Crippen LogP contribution in [-0.2, 0) is 4.79 Å². The predicted molar refractivity (Wildman–Crippen MR) is 52.3 cm³/mol. The average molecular weight is 167 g/mol. The van der Waals surface area contributed by atoms with E-state index in [4.69, 9.17) is 0 Å². The number of hydrogen-bond acceptors (Lipinski definition) is 1. The van der Waals surface area contributed by atoms with Crippen molar-refractivity contribution in [2.24, 2.45) is 16.8 Å². The smallest absolute Gasteiger partial charge is 0.268 e. The molecule has 2 heteroatoms. The highest BCUT2D eigenvalue weighted by Crippen LogP contribution is 2.18. The van der Waals surface area contributed by atoms with E-state index in [2.05, 4.69) is 39.4 Å². The van der Waals surface area contributed by atoms with Crippen LogP contribution in [0.2, 0.25) is 0 Å². The molecular formula is C10H17NO. The Bertz CT molecular complexity index is 192. The molecule has 0 unspecified atom stereocenters. The number of carbonyl (C=O) groups is 1. The van der Waals surface area contributed by atoms with Crippen LogP contribution in [-0.4, -0.2) is 12.6 Å². The second-order valence-electron chi connectivity index (χ2n) is 3.45. The van der Waals surface area contributed by atoms with Crippen LogP contribution in [0.25, 0.3) is 0 Å². The van der Waals surface area contributed by atoms with Gasteiger partial charge in [0, 0.05) is 6.08 Å². The molecule has 0 radical (unpaired) electrons. The van der Waals surface area contributed by atoms with E-state index in [1.54, 1.807) is 6.08 Å². The molecule has 68 valence electrons.